The molecule has 0 aliphatic heterocycles. The highest BCUT2D eigenvalue weighted by Gasteiger charge is 2.20. The normalized spacial score (nSPS) is 13.7. The molecule has 0 aliphatic carbocycles. The Kier molecular flexibility index (Phi) is 10.00. The van der Waals surface area contributed by atoms with Crippen LogP contribution in [0.3, 0.4) is 0 Å². The van der Waals surface area contributed by atoms with E-state index >= 15 is 0 Å². The van der Waals surface area contributed by atoms with Crippen LogP contribution >= 0.6 is 0 Å². The molecule has 0 bridgehead atoms. The minimum Gasteiger partial charge on any atom is -0.466 e. The van der Waals surface area contributed by atoms with Crippen LogP contribution in [0, 0.1) is 5.82 Å². The standard InChI is InChI=1S/C26H34FNO6S/c1-6-34-26(31)16-22(30)15-21(29)11-12-23-24(17(2)3)13-20(28(4)35(5,32)33)14-25(23)18-7-9-19(27)10-8-18/h7-14,17,21-22,29-30H,6,15-16H2,1-5H3/b12-11+/t21-,22-/m1/s1. The lowest BCUT2D eigenvalue weighted by molar-refractivity contribution is -0.145. The Hall–Kier alpha value is -2.75. The fourth-order valence-corrected chi connectivity index (χ4v) is 4.11. The van der Waals surface area contributed by atoms with Crippen LogP contribution in [0.1, 0.15) is 50.7 Å². The smallest absolute Gasteiger partial charge is 0.308 e. The van der Waals surface area contributed by atoms with Crippen LogP contribution in [0.25, 0.3) is 17.2 Å². The Balaban J connectivity index is 2.51. The van der Waals surface area contributed by atoms with Crippen LogP contribution in [-0.2, 0) is 19.6 Å². The molecule has 0 heterocycles. The molecule has 35 heavy (non-hydrogen) atoms. The minimum atomic E-state index is -3.52. The molecular formula is C26H34FNO6S. The number of halogens is 1. The number of anilines is 1. The summed E-state index contributed by atoms with van der Waals surface area (Å²) in [7, 11) is -2.05. The Morgan fingerprint density at radius 1 is 1.17 bits per heavy atom. The molecule has 9 heteroatoms. The summed E-state index contributed by atoms with van der Waals surface area (Å²) in [4.78, 5) is 11.6. The summed E-state index contributed by atoms with van der Waals surface area (Å²) in [6, 6.07) is 9.35. The molecule has 2 aromatic rings. The summed E-state index contributed by atoms with van der Waals surface area (Å²) in [6.45, 7) is 5.81. The fourth-order valence-electron chi connectivity index (χ4n) is 3.63. The number of rotatable bonds is 11. The summed E-state index contributed by atoms with van der Waals surface area (Å²) in [5, 5.41) is 20.6. The first kappa shape index (κ1) is 28.5. The Morgan fingerprint density at radius 2 is 1.80 bits per heavy atom. The third-order valence-corrected chi connectivity index (χ3v) is 6.75. The number of nitrogens with zero attached hydrogens (tertiary/aromatic N) is 1. The molecule has 0 fully saturated rings. The minimum absolute atomic E-state index is 0.00620. The number of hydrogen-bond acceptors (Lipinski definition) is 6. The van der Waals surface area contributed by atoms with E-state index in [1.54, 1.807) is 37.3 Å². The monoisotopic (exact) mass is 507 g/mol. The average Bonchev–Trinajstić information content (AvgIpc) is 2.76. The number of sulfonamides is 1. The first-order chi connectivity index (χ1) is 16.3. The van der Waals surface area contributed by atoms with E-state index in [2.05, 4.69) is 0 Å². The highest BCUT2D eigenvalue weighted by Crippen LogP contribution is 2.36. The summed E-state index contributed by atoms with van der Waals surface area (Å²) >= 11 is 0. The van der Waals surface area contributed by atoms with Crippen molar-refractivity contribution in [3.8, 4) is 11.1 Å². The predicted octanol–water partition coefficient (Wildman–Crippen LogP) is 4.09. The number of aliphatic hydroxyl groups is 2. The lowest BCUT2D eigenvalue weighted by Gasteiger charge is -2.23. The zero-order valence-electron chi connectivity index (χ0n) is 20.7. The molecule has 0 radical (unpaired) electrons. The highest BCUT2D eigenvalue weighted by atomic mass is 32.2. The molecule has 7 nitrogen and oxygen atoms in total. The summed E-state index contributed by atoms with van der Waals surface area (Å²) < 4.78 is 44.0. The van der Waals surface area contributed by atoms with Gasteiger partial charge in [0.2, 0.25) is 10.0 Å². The quantitative estimate of drug-likeness (QED) is 0.444. The van der Waals surface area contributed by atoms with Crippen molar-refractivity contribution in [2.24, 2.45) is 0 Å². The second-order valence-corrected chi connectivity index (χ2v) is 10.7. The van der Waals surface area contributed by atoms with Gasteiger partial charge >= 0.3 is 5.97 Å². The molecule has 0 spiro atoms. The van der Waals surface area contributed by atoms with Gasteiger partial charge in [0.1, 0.15) is 5.82 Å². The van der Waals surface area contributed by atoms with Crippen LogP contribution in [0.2, 0.25) is 0 Å². The van der Waals surface area contributed by atoms with E-state index in [1.807, 2.05) is 13.8 Å². The summed E-state index contributed by atoms with van der Waals surface area (Å²) in [5.41, 5.74) is 3.35. The van der Waals surface area contributed by atoms with E-state index in [9.17, 15) is 27.8 Å². The Bertz CT molecular complexity index is 1150. The Morgan fingerprint density at radius 3 is 2.34 bits per heavy atom. The van der Waals surface area contributed by atoms with Gasteiger partial charge in [0.15, 0.2) is 0 Å². The van der Waals surface area contributed by atoms with Gasteiger partial charge in [-0.3, -0.25) is 9.10 Å². The van der Waals surface area contributed by atoms with Gasteiger partial charge in [0, 0.05) is 13.5 Å². The number of carbonyl (C=O) groups is 1. The van der Waals surface area contributed by atoms with Crippen molar-refractivity contribution in [2.75, 3.05) is 24.2 Å². The van der Waals surface area contributed by atoms with Crippen LogP contribution in [0.4, 0.5) is 10.1 Å². The number of esters is 1. The van der Waals surface area contributed by atoms with Crippen LogP contribution in [0.5, 0.6) is 0 Å². The maximum Gasteiger partial charge on any atom is 0.308 e. The van der Waals surface area contributed by atoms with Gasteiger partial charge in [-0.15, -0.1) is 0 Å². The van der Waals surface area contributed by atoms with Crippen LogP contribution < -0.4 is 4.31 Å². The van der Waals surface area contributed by atoms with Gasteiger partial charge in [-0.2, -0.15) is 0 Å². The molecule has 2 aromatic carbocycles. The van der Waals surface area contributed by atoms with Crippen molar-refractivity contribution in [1.82, 2.24) is 0 Å². The van der Waals surface area contributed by atoms with Gasteiger partial charge in [0.05, 0.1) is 37.2 Å². The van der Waals surface area contributed by atoms with Crippen LogP contribution in [-0.4, -0.2) is 56.7 Å². The van der Waals surface area contributed by atoms with Crippen molar-refractivity contribution in [3.05, 3.63) is 59.4 Å². The molecule has 2 rings (SSSR count). The second kappa shape index (κ2) is 12.3. The van der Waals surface area contributed by atoms with Crippen molar-refractivity contribution < 1.29 is 32.6 Å². The van der Waals surface area contributed by atoms with Crippen LogP contribution in [0.15, 0.2) is 42.5 Å². The molecule has 192 valence electrons. The molecule has 0 aliphatic rings. The maximum atomic E-state index is 13.6. The zero-order valence-corrected chi connectivity index (χ0v) is 21.5. The van der Waals surface area contributed by atoms with Gasteiger partial charge in [-0.1, -0.05) is 38.1 Å². The van der Waals surface area contributed by atoms with E-state index in [-0.39, 0.29) is 25.4 Å². The molecular weight excluding hydrogens is 473 g/mol. The Labute approximate surface area is 206 Å². The fraction of sp³-hybridized carbons (Fsp3) is 0.423. The van der Waals surface area contributed by atoms with E-state index < -0.39 is 34.0 Å². The van der Waals surface area contributed by atoms with Crippen molar-refractivity contribution >= 4 is 27.8 Å². The number of benzene rings is 2. The molecule has 2 atom stereocenters. The summed E-state index contributed by atoms with van der Waals surface area (Å²) in [5.74, 6) is -0.943. The SMILES string of the molecule is CCOC(=O)C[C@H](O)C[C@H](O)/C=C/c1c(-c2ccc(F)cc2)cc(N(C)S(C)(=O)=O)cc1C(C)C. The van der Waals surface area contributed by atoms with Gasteiger partial charge < -0.3 is 14.9 Å². The van der Waals surface area contributed by atoms with Gasteiger partial charge in [0.25, 0.3) is 0 Å². The third-order valence-electron chi connectivity index (χ3n) is 5.54. The van der Waals surface area contributed by atoms with E-state index in [1.165, 1.54) is 29.6 Å². The lowest BCUT2D eigenvalue weighted by Crippen LogP contribution is -2.25. The number of hydrogen-bond donors (Lipinski definition) is 2. The third kappa shape index (κ3) is 8.16. The largest absolute Gasteiger partial charge is 0.466 e. The second-order valence-electron chi connectivity index (χ2n) is 8.71. The van der Waals surface area contributed by atoms with Crippen molar-refractivity contribution in [1.29, 1.82) is 0 Å². The van der Waals surface area contributed by atoms with Gasteiger partial charge in [-0.05, 0) is 59.4 Å². The average molecular weight is 508 g/mol. The van der Waals surface area contributed by atoms with Crippen molar-refractivity contribution in [2.45, 2.75) is 51.7 Å². The maximum absolute atomic E-state index is 13.6. The first-order valence-electron chi connectivity index (χ1n) is 11.4. The lowest BCUT2D eigenvalue weighted by atomic mass is 9.88. The molecule has 0 amide bonds. The topological polar surface area (TPSA) is 104 Å². The highest BCUT2D eigenvalue weighted by molar-refractivity contribution is 7.92. The predicted molar refractivity (Wildman–Crippen MR) is 136 cm³/mol. The number of aliphatic hydroxyl groups excluding tert-OH is 2. The van der Waals surface area contributed by atoms with Gasteiger partial charge in [-0.25, -0.2) is 12.8 Å². The molecule has 0 aromatic heterocycles. The molecule has 0 saturated heterocycles. The molecule has 0 saturated carbocycles. The van der Waals surface area contributed by atoms with E-state index in [4.69, 9.17) is 4.74 Å². The number of carbonyl (C=O) groups excluding carboxylic acids is 1. The van der Waals surface area contributed by atoms with E-state index in [0.29, 0.717) is 16.8 Å². The zero-order chi connectivity index (χ0) is 26.3. The molecule has 2 N–H and O–H groups in total. The van der Waals surface area contributed by atoms with Crippen molar-refractivity contribution in [3.63, 3.8) is 0 Å². The summed E-state index contributed by atoms with van der Waals surface area (Å²) in [6.07, 6.45) is 1.95. The van der Waals surface area contributed by atoms with E-state index in [0.717, 1.165) is 17.4 Å². The molecule has 0 unspecified atom stereocenters. The number of ether oxygens (including phenoxy) is 1. The first-order valence-corrected chi connectivity index (χ1v) is 13.3.